The number of nitrogens with zero attached hydrogens (tertiary/aromatic N) is 2. The lowest BCUT2D eigenvalue weighted by Gasteiger charge is -2.17. The highest BCUT2D eigenvalue weighted by molar-refractivity contribution is 5.40. The molecule has 0 amide bonds. The summed E-state index contributed by atoms with van der Waals surface area (Å²) in [6.45, 7) is 0. The predicted molar refractivity (Wildman–Crippen MR) is 83.0 cm³/mol. The molecule has 2 aliphatic carbocycles. The van der Waals surface area contributed by atoms with Gasteiger partial charge in [-0.3, -0.25) is 0 Å². The summed E-state index contributed by atoms with van der Waals surface area (Å²) < 4.78 is 0. The number of rotatable bonds is 4. The van der Waals surface area contributed by atoms with E-state index in [9.17, 15) is 0 Å². The zero-order valence-electron chi connectivity index (χ0n) is 12.3. The molecule has 1 aromatic heterocycles. The fourth-order valence-electron chi connectivity index (χ4n) is 3.39. The molecular weight excluding hydrogens is 248 g/mol. The summed E-state index contributed by atoms with van der Waals surface area (Å²) in [4.78, 5) is 9.00. The summed E-state index contributed by atoms with van der Waals surface area (Å²) in [5.74, 6) is 1.77. The van der Waals surface area contributed by atoms with E-state index in [4.69, 9.17) is 0 Å². The van der Waals surface area contributed by atoms with Crippen molar-refractivity contribution in [3.8, 4) is 0 Å². The van der Waals surface area contributed by atoms with Crippen LogP contribution in [-0.2, 0) is 0 Å². The van der Waals surface area contributed by atoms with Gasteiger partial charge in [0.1, 0.15) is 5.82 Å². The first kappa shape index (κ1) is 13.7. The van der Waals surface area contributed by atoms with Crippen LogP contribution in [0.3, 0.4) is 0 Å². The van der Waals surface area contributed by atoms with Crippen LogP contribution in [0.25, 0.3) is 0 Å². The lowest BCUT2D eigenvalue weighted by molar-refractivity contribution is 0.614. The van der Waals surface area contributed by atoms with Gasteiger partial charge in [0.15, 0.2) is 0 Å². The number of anilines is 2. The molecule has 4 heteroatoms. The SMILES string of the molecule is c1cc(NC2CCCC2)nc(NC2CCCCCC2)n1. The van der Waals surface area contributed by atoms with Gasteiger partial charge in [0.2, 0.25) is 5.95 Å². The second-order valence-electron chi connectivity index (χ2n) is 6.22. The molecule has 0 saturated heterocycles. The van der Waals surface area contributed by atoms with Crippen molar-refractivity contribution in [2.75, 3.05) is 10.6 Å². The molecule has 2 fully saturated rings. The minimum atomic E-state index is 0.555. The van der Waals surface area contributed by atoms with Crippen LogP contribution < -0.4 is 10.6 Å². The van der Waals surface area contributed by atoms with E-state index in [0.717, 1.165) is 11.8 Å². The highest BCUT2D eigenvalue weighted by Crippen LogP contribution is 2.23. The first-order chi connectivity index (χ1) is 9.90. The fourth-order valence-corrected chi connectivity index (χ4v) is 3.39. The quantitative estimate of drug-likeness (QED) is 0.816. The van der Waals surface area contributed by atoms with Crippen LogP contribution in [0.1, 0.15) is 64.2 Å². The fraction of sp³-hybridized carbons (Fsp3) is 0.750. The summed E-state index contributed by atoms with van der Waals surface area (Å²) in [6.07, 6.45) is 15.0. The molecule has 0 unspecified atom stereocenters. The molecular formula is C16H26N4. The highest BCUT2D eigenvalue weighted by atomic mass is 15.2. The van der Waals surface area contributed by atoms with Gasteiger partial charge in [0.05, 0.1) is 0 Å². The summed E-state index contributed by atoms with van der Waals surface area (Å²) in [5, 5.41) is 7.06. The van der Waals surface area contributed by atoms with E-state index in [0.29, 0.717) is 12.1 Å². The Balaban J connectivity index is 1.58. The van der Waals surface area contributed by atoms with Gasteiger partial charge < -0.3 is 10.6 Å². The Morgan fingerprint density at radius 3 is 2.10 bits per heavy atom. The predicted octanol–water partition coefficient (Wildman–Crippen LogP) is 3.97. The molecule has 0 atom stereocenters. The van der Waals surface area contributed by atoms with Crippen molar-refractivity contribution < 1.29 is 0 Å². The number of nitrogens with one attached hydrogen (secondary N) is 2. The molecule has 110 valence electrons. The summed E-state index contributed by atoms with van der Waals surface area (Å²) in [7, 11) is 0. The molecule has 2 saturated carbocycles. The molecule has 0 radical (unpaired) electrons. The minimum Gasteiger partial charge on any atom is -0.367 e. The number of hydrogen-bond donors (Lipinski definition) is 2. The van der Waals surface area contributed by atoms with Crippen molar-refractivity contribution >= 4 is 11.8 Å². The van der Waals surface area contributed by atoms with Crippen molar-refractivity contribution in [3.63, 3.8) is 0 Å². The Morgan fingerprint density at radius 2 is 1.40 bits per heavy atom. The van der Waals surface area contributed by atoms with E-state index in [1.165, 1.54) is 64.2 Å². The van der Waals surface area contributed by atoms with Crippen LogP contribution in [0.4, 0.5) is 11.8 Å². The third-order valence-electron chi connectivity index (χ3n) is 4.55. The Labute approximate surface area is 121 Å². The van der Waals surface area contributed by atoms with Gasteiger partial charge >= 0.3 is 0 Å². The van der Waals surface area contributed by atoms with Crippen LogP contribution in [0.5, 0.6) is 0 Å². The molecule has 2 aliphatic rings. The Kier molecular flexibility index (Phi) is 4.72. The standard InChI is InChI=1S/C16H26N4/c1-2-4-8-14(7-3-1)19-16-17-12-11-15(20-16)18-13-9-5-6-10-13/h11-14H,1-10H2,(H2,17,18,19,20). The van der Waals surface area contributed by atoms with Crippen molar-refractivity contribution in [3.05, 3.63) is 12.3 Å². The van der Waals surface area contributed by atoms with Crippen LogP contribution in [0.15, 0.2) is 12.3 Å². The second-order valence-corrected chi connectivity index (χ2v) is 6.22. The van der Waals surface area contributed by atoms with Crippen LogP contribution in [0, 0.1) is 0 Å². The second kappa shape index (κ2) is 6.91. The molecule has 0 spiro atoms. The number of aromatic nitrogens is 2. The maximum Gasteiger partial charge on any atom is 0.224 e. The van der Waals surface area contributed by atoms with Crippen LogP contribution >= 0.6 is 0 Å². The smallest absolute Gasteiger partial charge is 0.224 e. The average Bonchev–Trinajstić information content (AvgIpc) is 2.82. The Bertz CT molecular complexity index is 407. The maximum absolute atomic E-state index is 4.63. The molecule has 2 N–H and O–H groups in total. The lowest BCUT2D eigenvalue weighted by Crippen LogP contribution is -2.21. The van der Waals surface area contributed by atoms with Gasteiger partial charge in [0.25, 0.3) is 0 Å². The van der Waals surface area contributed by atoms with Crippen molar-refractivity contribution in [2.24, 2.45) is 0 Å². The first-order valence-corrected chi connectivity index (χ1v) is 8.26. The number of hydrogen-bond acceptors (Lipinski definition) is 4. The van der Waals surface area contributed by atoms with Gasteiger partial charge in [-0.25, -0.2) is 4.98 Å². The summed E-state index contributed by atoms with van der Waals surface area (Å²) in [6, 6.07) is 3.14. The average molecular weight is 274 g/mol. The molecule has 1 aromatic rings. The Morgan fingerprint density at radius 1 is 0.800 bits per heavy atom. The van der Waals surface area contributed by atoms with Gasteiger partial charge in [-0.05, 0) is 31.7 Å². The summed E-state index contributed by atoms with van der Waals surface area (Å²) in [5.41, 5.74) is 0. The van der Waals surface area contributed by atoms with Gasteiger partial charge in [-0.2, -0.15) is 4.98 Å². The Hall–Kier alpha value is -1.32. The molecule has 4 nitrogen and oxygen atoms in total. The van der Waals surface area contributed by atoms with Crippen molar-refractivity contribution in [2.45, 2.75) is 76.3 Å². The van der Waals surface area contributed by atoms with Gasteiger partial charge in [-0.15, -0.1) is 0 Å². The zero-order chi connectivity index (χ0) is 13.6. The van der Waals surface area contributed by atoms with E-state index >= 15 is 0 Å². The van der Waals surface area contributed by atoms with Crippen molar-refractivity contribution in [1.82, 2.24) is 9.97 Å². The van der Waals surface area contributed by atoms with E-state index in [1.54, 1.807) is 0 Å². The lowest BCUT2D eigenvalue weighted by atomic mass is 10.1. The first-order valence-electron chi connectivity index (χ1n) is 8.26. The molecule has 0 aromatic carbocycles. The summed E-state index contributed by atoms with van der Waals surface area (Å²) >= 11 is 0. The minimum absolute atomic E-state index is 0.555. The van der Waals surface area contributed by atoms with Crippen molar-refractivity contribution in [1.29, 1.82) is 0 Å². The highest BCUT2D eigenvalue weighted by Gasteiger charge is 2.16. The molecule has 1 heterocycles. The van der Waals surface area contributed by atoms with Gasteiger partial charge in [0, 0.05) is 18.3 Å². The zero-order valence-corrected chi connectivity index (χ0v) is 12.3. The molecule has 0 bridgehead atoms. The maximum atomic E-state index is 4.63. The monoisotopic (exact) mass is 274 g/mol. The molecule has 20 heavy (non-hydrogen) atoms. The van der Waals surface area contributed by atoms with E-state index in [-0.39, 0.29) is 0 Å². The van der Waals surface area contributed by atoms with E-state index < -0.39 is 0 Å². The largest absolute Gasteiger partial charge is 0.367 e. The topological polar surface area (TPSA) is 49.8 Å². The normalized spacial score (nSPS) is 21.6. The van der Waals surface area contributed by atoms with Crippen LogP contribution in [0.2, 0.25) is 0 Å². The molecule has 0 aliphatic heterocycles. The van der Waals surface area contributed by atoms with E-state index in [1.807, 2.05) is 12.3 Å². The van der Waals surface area contributed by atoms with Crippen LogP contribution in [-0.4, -0.2) is 22.1 Å². The third-order valence-corrected chi connectivity index (χ3v) is 4.55. The third kappa shape index (κ3) is 3.84. The molecule has 3 rings (SSSR count). The van der Waals surface area contributed by atoms with E-state index in [2.05, 4.69) is 20.6 Å². The van der Waals surface area contributed by atoms with Gasteiger partial charge in [-0.1, -0.05) is 38.5 Å².